The number of nitrogens with one attached hydrogen (secondary N) is 6. The van der Waals surface area contributed by atoms with E-state index in [1.54, 1.807) is 30.3 Å². The van der Waals surface area contributed by atoms with Gasteiger partial charge in [0.05, 0.1) is 18.7 Å². The Bertz CT molecular complexity index is 1920. The number of amides is 6. The summed E-state index contributed by atoms with van der Waals surface area (Å²) in [6, 6.07) is 1.13. The molecule has 26 heteroatoms. The van der Waals surface area contributed by atoms with E-state index < -0.39 is 77.7 Å². The number of aliphatic imine (C=N–C) groups is 4. The number of aliphatic hydroxyl groups is 1. The van der Waals surface area contributed by atoms with E-state index in [2.05, 4.69) is 51.9 Å². The molecule has 1 rings (SSSR count). The summed E-state index contributed by atoms with van der Waals surface area (Å²) in [6.07, 6.45) is 1.64. The van der Waals surface area contributed by atoms with E-state index in [1.807, 2.05) is 27.7 Å². The van der Waals surface area contributed by atoms with Crippen LogP contribution in [0.2, 0.25) is 0 Å². The summed E-state index contributed by atoms with van der Waals surface area (Å²) in [6.45, 7) is 7.70. The molecule has 0 unspecified atom stereocenters. The molecule has 0 bridgehead atoms. The second-order valence-corrected chi connectivity index (χ2v) is 18.0. The Morgan fingerprint density at radius 1 is 0.465 bits per heavy atom. The smallest absolute Gasteiger partial charge is 0.243 e. The van der Waals surface area contributed by atoms with E-state index in [-0.39, 0.29) is 126 Å². The van der Waals surface area contributed by atoms with Crippen LogP contribution >= 0.6 is 0 Å². The predicted octanol–water partition coefficient (Wildman–Crippen LogP) is -4.24. The molecule has 400 valence electrons. The van der Waals surface area contributed by atoms with Crippen LogP contribution in [0.3, 0.4) is 0 Å². The van der Waals surface area contributed by atoms with Gasteiger partial charge < -0.3 is 88.6 Å². The van der Waals surface area contributed by atoms with Crippen LogP contribution in [-0.2, 0) is 35.2 Å². The van der Waals surface area contributed by atoms with Crippen molar-refractivity contribution in [3.8, 4) is 0 Å². The van der Waals surface area contributed by atoms with Crippen LogP contribution in [0, 0.1) is 11.8 Å². The molecular weight excluding hydrogens is 919 g/mol. The molecule has 25 N–H and O–H groups in total. The molecule has 0 aromatic heterocycles. The van der Waals surface area contributed by atoms with E-state index in [1.165, 1.54) is 0 Å². The summed E-state index contributed by atoms with van der Waals surface area (Å²) in [5.41, 5.74) is 51.1. The minimum absolute atomic E-state index is 0.0180. The van der Waals surface area contributed by atoms with Crippen molar-refractivity contribution in [2.75, 3.05) is 32.8 Å². The molecule has 0 spiro atoms. The van der Waals surface area contributed by atoms with Gasteiger partial charge in [0.15, 0.2) is 23.8 Å². The van der Waals surface area contributed by atoms with Gasteiger partial charge in [0, 0.05) is 32.6 Å². The monoisotopic (exact) mass is 1000 g/mol. The number of carbonyl (C=O) groups excluding carboxylic acids is 6. The van der Waals surface area contributed by atoms with Crippen LogP contribution in [0.4, 0.5) is 0 Å². The quantitative estimate of drug-likeness (QED) is 0.0174. The van der Waals surface area contributed by atoms with Gasteiger partial charge in [-0.3, -0.25) is 48.7 Å². The van der Waals surface area contributed by atoms with Crippen molar-refractivity contribution in [2.45, 2.75) is 141 Å². The number of aliphatic hydroxyl groups excluding tert-OH is 1. The third-order valence-electron chi connectivity index (χ3n) is 10.6. The van der Waals surface area contributed by atoms with Gasteiger partial charge in [0.25, 0.3) is 0 Å². The van der Waals surface area contributed by atoms with Crippen molar-refractivity contribution in [3.63, 3.8) is 0 Å². The largest absolute Gasteiger partial charge is 0.394 e. The topological polar surface area (TPSA) is 478 Å². The fraction of sp³-hybridized carbons (Fsp3) is 0.644. The highest BCUT2D eigenvalue weighted by Gasteiger charge is 2.33. The normalized spacial score (nSPS) is 13.9. The van der Waals surface area contributed by atoms with Crippen LogP contribution in [0.1, 0.15) is 97.5 Å². The van der Waals surface area contributed by atoms with Crippen molar-refractivity contribution in [3.05, 3.63) is 35.9 Å². The summed E-state index contributed by atoms with van der Waals surface area (Å²) >= 11 is 0. The first-order chi connectivity index (χ1) is 33.5. The molecule has 0 heterocycles. The van der Waals surface area contributed by atoms with E-state index in [0.717, 1.165) is 5.56 Å². The molecule has 0 saturated carbocycles. The van der Waals surface area contributed by atoms with Gasteiger partial charge in [0.1, 0.15) is 30.2 Å². The second-order valence-electron chi connectivity index (χ2n) is 18.0. The zero-order valence-electron chi connectivity index (χ0n) is 41.8. The first-order valence-corrected chi connectivity index (χ1v) is 24.0. The average molecular weight is 1000 g/mol. The molecular formula is C45H83N19O7. The molecule has 1 aromatic rings. The van der Waals surface area contributed by atoms with Crippen LogP contribution in [0.25, 0.3) is 0 Å². The Balaban J connectivity index is 3.68. The summed E-state index contributed by atoms with van der Waals surface area (Å²) in [5, 5.41) is 26.5. The number of nitrogens with two attached hydrogens (primary N) is 9. The number of hydrogen-bond acceptors (Lipinski definition) is 12. The molecule has 0 aliphatic heterocycles. The Labute approximate surface area is 416 Å². The van der Waals surface area contributed by atoms with Gasteiger partial charge in [-0.05, 0) is 81.6 Å². The Hall–Kier alpha value is -6.96. The fourth-order valence-corrected chi connectivity index (χ4v) is 7.18. The number of carbonyl (C=O) groups is 6. The number of hydrogen-bond donors (Lipinski definition) is 16. The van der Waals surface area contributed by atoms with Gasteiger partial charge in [-0.25, -0.2) is 0 Å². The van der Waals surface area contributed by atoms with E-state index in [0.29, 0.717) is 12.8 Å². The first kappa shape index (κ1) is 62.1. The summed E-state index contributed by atoms with van der Waals surface area (Å²) < 4.78 is 0. The molecule has 71 heavy (non-hydrogen) atoms. The number of guanidine groups is 4. The second kappa shape index (κ2) is 34.4. The minimum atomic E-state index is -1.35. The SMILES string of the molecule is CC(C)C[C@H](CO)NC(=O)[C@H](Cc1ccccc1)NC(=O)[C@H](CCCN=C(N)N)NC(=O)[C@H](CCCN=C(N)N)NC(=O)[C@H](CCCN=C(N)N)NC(=O)[C@H](CCCN=C(N)N)NC(=O)[C@@H](N)CC(C)C. The molecule has 7 atom stereocenters. The van der Waals surface area contributed by atoms with Crippen LogP contribution in [-0.4, -0.2) is 139 Å². The third-order valence-corrected chi connectivity index (χ3v) is 10.6. The highest BCUT2D eigenvalue weighted by atomic mass is 16.3. The zero-order chi connectivity index (χ0) is 53.5. The van der Waals surface area contributed by atoms with Gasteiger partial charge >= 0.3 is 0 Å². The average Bonchev–Trinajstić information content (AvgIpc) is 3.29. The third kappa shape index (κ3) is 28.3. The molecule has 1 aromatic carbocycles. The lowest BCUT2D eigenvalue weighted by Crippen LogP contribution is -2.60. The fourth-order valence-electron chi connectivity index (χ4n) is 7.18. The maximum absolute atomic E-state index is 14.4. The zero-order valence-corrected chi connectivity index (χ0v) is 41.8. The highest BCUT2D eigenvalue weighted by molar-refractivity contribution is 5.96. The van der Waals surface area contributed by atoms with Gasteiger partial charge in [-0.15, -0.1) is 0 Å². The molecule has 0 radical (unpaired) electrons. The van der Waals surface area contributed by atoms with E-state index >= 15 is 0 Å². The Morgan fingerprint density at radius 2 is 0.775 bits per heavy atom. The molecule has 0 saturated heterocycles. The summed E-state index contributed by atoms with van der Waals surface area (Å²) in [7, 11) is 0. The lowest BCUT2D eigenvalue weighted by molar-refractivity contribution is -0.135. The maximum atomic E-state index is 14.4. The maximum Gasteiger partial charge on any atom is 0.243 e. The van der Waals surface area contributed by atoms with Gasteiger partial charge in [0.2, 0.25) is 35.4 Å². The molecule has 0 fully saturated rings. The summed E-state index contributed by atoms with van der Waals surface area (Å²) in [4.78, 5) is 100. The van der Waals surface area contributed by atoms with Crippen LogP contribution in [0.5, 0.6) is 0 Å². The number of benzene rings is 1. The van der Waals surface area contributed by atoms with Crippen molar-refractivity contribution in [1.82, 2.24) is 31.9 Å². The lowest BCUT2D eigenvalue weighted by Gasteiger charge is -2.28. The van der Waals surface area contributed by atoms with Crippen molar-refractivity contribution >= 4 is 59.3 Å². The van der Waals surface area contributed by atoms with Crippen molar-refractivity contribution < 1.29 is 33.9 Å². The predicted molar refractivity (Wildman–Crippen MR) is 275 cm³/mol. The van der Waals surface area contributed by atoms with E-state index in [9.17, 15) is 33.9 Å². The Morgan fingerprint density at radius 3 is 1.08 bits per heavy atom. The molecule has 0 aliphatic carbocycles. The summed E-state index contributed by atoms with van der Waals surface area (Å²) in [5.74, 6) is -4.76. The van der Waals surface area contributed by atoms with Crippen molar-refractivity contribution in [2.24, 2.45) is 83.4 Å². The Kier molecular flexibility index (Phi) is 30.0. The first-order valence-electron chi connectivity index (χ1n) is 24.0. The van der Waals surface area contributed by atoms with Crippen LogP contribution in [0.15, 0.2) is 50.3 Å². The minimum Gasteiger partial charge on any atom is -0.394 e. The number of nitrogens with zero attached hydrogens (tertiary/aromatic N) is 4. The molecule has 26 nitrogen and oxygen atoms in total. The van der Waals surface area contributed by atoms with Crippen LogP contribution < -0.4 is 83.5 Å². The molecule has 6 amide bonds. The van der Waals surface area contributed by atoms with Crippen molar-refractivity contribution in [1.29, 1.82) is 0 Å². The lowest BCUT2D eigenvalue weighted by atomic mass is 10.0. The number of rotatable bonds is 35. The van der Waals surface area contributed by atoms with Gasteiger partial charge in [-0.1, -0.05) is 58.0 Å². The standard InChI is InChI=1S/C45H83N19O7/c1-26(2)22-29(25-65)59-41(71)35(24-28-12-6-5-7-13-28)64-40(70)34(17-11-21-58-45(53)54)63-39(69)33(16-10-20-57-44(51)52)62-38(68)32(15-9-19-56-43(49)50)61-37(67)31(14-8-18-55-42(47)48)60-36(66)30(46)23-27(3)4/h5-7,12-13,26-27,29-35,65H,8-11,14-25,46H2,1-4H3,(H,59,71)(H,60,66)(H,61,67)(H,62,68)(H,63,69)(H,64,70)(H4,47,48,55)(H4,49,50,56)(H4,51,52,57)(H4,53,54,58)/t29-,30+,31+,32+,33+,34+,35+/m1/s1. The van der Waals surface area contributed by atoms with Gasteiger partial charge in [-0.2, -0.15) is 0 Å². The highest BCUT2D eigenvalue weighted by Crippen LogP contribution is 2.12. The molecule has 0 aliphatic rings. The van der Waals surface area contributed by atoms with E-state index in [4.69, 9.17) is 51.6 Å².